The molecule has 1 aliphatic heterocycles. The van der Waals surface area contributed by atoms with Gasteiger partial charge in [0.15, 0.2) is 0 Å². The molecule has 0 spiro atoms. The lowest BCUT2D eigenvalue weighted by atomic mass is 9.83. The molecule has 3 aromatic carbocycles. The van der Waals surface area contributed by atoms with E-state index in [-0.39, 0.29) is 17.2 Å². The Hall–Kier alpha value is -3.95. The second-order valence-corrected chi connectivity index (χ2v) is 7.24. The van der Waals surface area contributed by atoms with Gasteiger partial charge >= 0.3 is 5.97 Å². The Morgan fingerprint density at radius 2 is 1.90 bits per heavy atom. The molecule has 0 aromatic heterocycles. The van der Waals surface area contributed by atoms with E-state index in [1.54, 1.807) is 54.6 Å². The minimum absolute atomic E-state index is 0.00347. The topological polar surface area (TPSA) is 94.6 Å². The number of carbonyl (C=O) groups excluding carboxylic acids is 1. The van der Waals surface area contributed by atoms with Gasteiger partial charge in [0.05, 0.1) is 18.6 Å². The molecule has 1 aliphatic rings. The van der Waals surface area contributed by atoms with Crippen molar-refractivity contribution in [1.82, 2.24) is 0 Å². The summed E-state index contributed by atoms with van der Waals surface area (Å²) in [5.41, 5.74) is 8.18. The lowest BCUT2D eigenvalue weighted by Gasteiger charge is -2.26. The smallest absolute Gasteiger partial charge is 0.343 e. The van der Waals surface area contributed by atoms with Crippen LogP contribution in [0, 0.1) is 11.3 Å². The maximum Gasteiger partial charge on any atom is 0.343 e. The van der Waals surface area contributed by atoms with Gasteiger partial charge in [0.2, 0.25) is 5.88 Å². The van der Waals surface area contributed by atoms with Crippen LogP contribution in [0.1, 0.15) is 27.4 Å². The molecular weight excluding hydrogens is 416 g/mol. The monoisotopic (exact) mass is 432 g/mol. The average molecular weight is 433 g/mol. The summed E-state index contributed by atoms with van der Waals surface area (Å²) in [5, 5.41) is 10.2. The number of esters is 1. The van der Waals surface area contributed by atoms with E-state index in [1.165, 1.54) is 7.11 Å². The van der Waals surface area contributed by atoms with Crippen molar-refractivity contribution in [3.63, 3.8) is 0 Å². The summed E-state index contributed by atoms with van der Waals surface area (Å²) in [7, 11) is 1.52. The van der Waals surface area contributed by atoms with Crippen LogP contribution in [0.15, 0.2) is 78.2 Å². The van der Waals surface area contributed by atoms with E-state index in [9.17, 15) is 10.1 Å². The Bertz CT molecular complexity index is 1250. The minimum atomic E-state index is -0.540. The van der Waals surface area contributed by atoms with Crippen molar-refractivity contribution >= 4 is 17.6 Å². The van der Waals surface area contributed by atoms with Crippen LogP contribution in [0.25, 0.3) is 0 Å². The fraction of sp³-hybridized carbons (Fsp3) is 0.0833. The van der Waals surface area contributed by atoms with Crippen molar-refractivity contribution in [2.24, 2.45) is 5.73 Å². The Morgan fingerprint density at radius 1 is 1.10 bits per heavy atom. The second kappa shape index (κ2) is 8.42. The number of rotatable bonds is 4. The number of allylic oxidation sites excluding steroid dienone is 1. The summed E-state index contributed by atoms with van der Waals surface area (Å²) >= 11 is 6.15. The summed E-state index contributed by atoms with van der Waals surface area (Å²) in [5.74, 6) is 0.241. The Balaban J connectivity index is 1.68. The first-order chi connectivity index (χ1) is 15.0. The summed E-state index contributed by atoms with van der Waals surface area (Å²) in [6.07, 6.45) is 0. The van der Waals surface area contributed by atoms with Gasteiger partial charge in [-0.25, -0.2) is 4.79 Å². The molecular formula is C24H17ClN2O4. The van der Waals surface area contributed by atoms with E-state index in [4.69, 9.17) is 31.5 Å². The molecule has 0 aliphatic carbocycles. The zero-order chi connectivity index (χ0) is 22.0. The largest absolute Gasteiger partial charge is 0.497 e. The van der Waals surface area contributed by atoms with Crippen molar-refractivity contribution in [1.29, 1.82) is 5.26 Å². The fourth-order valence-electron chi connectivity index (χ4n) is 3.44. The van der Waals surface area contributed by atoms with Crippen LogP contribution < -0.4 is 19.9 Å². The molecule has 0 saturated carbocycles. The number of nitrogens with two attached hydrogens (primary N) is 1. The predicted octanol–water partition coefficient (Wildman–Crippen LogP) is 4.79. The minimum Gasteiger partial charge on any atom is -0.497 e. The second-order valence-electron chi connectivity index (χ2n) is 6.80. The average Bonchev–Trinajstić information content (AvgIpc) is 2.78. The maximum absolute atomic E-state index is 12.5. The lowest BCUT2D eigenvalue weighted by Crippen LogP contribution is -2.21. The van der Waals surface area contributed by atoms with E-state index < -0.39 is 11.9 Å². The van der Waals surface area contributed by atoms with Gasteiger partial charge in [0, 0.05) is 16.7 Å². The van der Waals surface area contributed by atoms with Crippen molar-refractivity contribution in [3.8, 4) is 23.3 Å². The highest BCUT2D eigenvalue weighted by Gasteiger charge is 2.31. The highest BCUT2D eigenvalue weighted by atomic mass is 35.5. The zero-order valence-electron chi connectivity index (χ0n) is 16.5. The summed E-state index contributed by atoms with van der Waals surface area (Å²) in [4.78, 5) is 12.5. The number of nitrogens with zero attached hydrogens (tertiary/aromatic N) is 1. The van der Waals surface area contributed by atoms with Gasteiger partial charge in [0.1, 0.15) is 28.9 Å². The first kappa shape index (κ1) is 20.3. The number of fused-ring (bicyclic) bond motifs is 1. The summed E-state index contributed by atoms with van der Waals surface area (Å²) in [6.45, 7) is 0. The molecule has 0 radical (unpaired) electrons. The van der Waals surface area contributed by atoms with Gasteiger partial charge < -0.3 is 19.9 Å². The summed E-state index contributed by atoms with van der Waals surface area (Å²) < 4.78 is 16.3. The molecule has 7 heteroatoms. The number of hydrogen-bond donors (Lipinski definition) is 1. The van der Waals surface area contributed by atoms with E-state index in [1.807, 2.05) is 12.1 Å². The van der Waals surface area contributed by atoms with Crippen LogP contribution >= 0.6 is 11.6 Å². The predicted molar refractivity (Wildman–Crippen MR) is 115 cm³/mol. The fourth-order valence-corrected chi connectivity index (χ4v) is 3.64. The number of methoxy groups -OCH3 is 1. The third kappa shape index (κ3) is 4.04. The Morgan fingerprint density at radius 3 is 2.65 bits per heavy atom. The van der Waals surface area contributed by atoms with E-state index in [0.29, 0.717) is 27.6 Å². The van der Waals surface area contributed by atoms with Crippen molar-refractivity contribution in [3.05, 3.63) is 99.9 Å². The molecule has 1 unspecified atom stereocenters. The SMILES string of the molecule is COc1cccc(C(=O)Oc2ccc3c(c2)OC(N)=C(C#N)C3c2cccc(Cl)c2)c1. The highest BCUT2D eigenvalue weighted by molar-refractivity contribution is 6.30. The van der Waals surface area contributed by atoms with E-state index >= 15 is 0 Å². The number of nitriles is 1. The normalized spacial score (nSPS) is 14.8. The number of carbonyl (C=O) groups is 1. The van der Waals surface area contributed by atoms with Gasteiger partial charge in [0.25, 0.3) is 0 Å². The van der Waals surface area contributed by atoms with Crippen LogP contribution in [0.4, 0.5) is 0 Å². The van der Waals surface area contributed by atoms with Gasteiger partial charge in [-0.05, 0) is 42.0 Å². The molecule has 31 heavy (non-hydrogen) atoms. The third-order valence-electron chi connectivity index (χ3n) is 4.89. The summed E-state index contributed by atoms with van der Waals surface area (Å²) in [6, 6.07) is 21.0. The van der Waals surface area contributed by atoms with E-state index in [0.717, 1.165) is 5.56 Å². The maximum atomic E-state index is 12.5. The van der Waals surface area contributed by atoms with Crippen molar-refractivity contribution < 1.29 is 19.0 Å². The molecule has 0 fully saturated rings. The van der Waals surface area contributed by atoms with Crippen LogP contribution in [-0.2, 0) is 0 Å². The van der Waals surface area contributed by atoms with Crippen LogP contribution in [0.2, 0.25) is 5.02 Å². The molecule has 0 amide bonds. The van der Waals surface area contributed by atoms with Gasteiger partial charge in [-0.1, -0.05) is 35.9 Å². The van der Waals surface area contributed by atoms with Gasteiger partial charge in [-0.3, -0.25) is 0 Å². The Kier molecular flexibility index (Phi) is 5.52. The standard InChI is InChI=1S/C24H17ClN2O4/c1-29-17-7-3-5-15(11-17)24(28)30-18-8-9-19-21(12-18)31-23(27)20(13-26)22(19)14-4-2-6-16(25)10-14/h2-12,22H,27H2,1H3. The number of hydrogen-bond acceptors (Lipinski definition) is 6. The molecule has 2 N–H and O–H groups in total. The van der Waals surface area contributed by atoms with Crippen LogP contribution in [-0.4, -0.2) is 13.1 Å². The molecule has 1 heterocycles. The molecule has 0 bridgehead atoms. The van der Waals surface area contributed by atoms with Crippen molar-refractivity contribution in [2.45, 2.75) is 5.92 Å². The lowest BCUT2D eigenvalue weighted by molar-refractivity contribution is 0.0734. The number of benzene rings is 3. The molecule has 3 aromatic rings. The Labute approximate surface area is 184 Å². The van der Waals surface area contributed by atoms with Gasteiger partial charge in [-0.2, -0.15) is 5.26 Å². The third-order valence-corrected chi connectivity index (χ3v) is 5.12. The molecule has 0 saturated heterocycles. The first-order valence-corrected chi connectivity index (χ1v) is 9.71. The highest BCUT2D eigenvalue weighted by Crippen LogP contribution is 2.43. The molecule has 1 atom stereocenters. The molecule has 4 rings (SSSR count). The molecule has 6 nitrogen and oxygen atoms in total. The van der Waals surface area contributed by atoms with Crippen molar-refractivity contribution in [2.75, 3.05) is 7.11 Å². The van der Waals surface area contributed by atoms with Crippen LogP contribution in [0.3, 0.4) is 0 Å². The van der Waals surface area contributed by atoms with Gasteiger partial charge in [-0.15, -0.1) is 0 Å². The molecule has 154 valence electrons. The number of ether oxygens (including phenoxy) is 3. The number of halogens is 1. The first-order valence-electron chi connectivity index (χ1n) is 9.33. The van der Waals surface area contributed by atoms with Crippen LogP contribution in [0.5, 0.6) is 17.2 Å². The zero-order valence-corrected chi connectivity index (χ0v) is 17.2. The van der Waals surface area contributed by atoms with E-state index in [2.05, 4.69) is 6.07 Å². The quantitative estimate of drug-likeness (QED) is 0.470.